The molecule has 0 saturated heterocycles. The van der Waals surface area contributed by atoms with E-state index in [-0.39, 0.29) is 11.7 Å². The van der Waals surface area contributed by atoms with E-state index in [9.17, 15) is 9.18 Å². The molecule has 24 heavy (non-hydrogen) atoms. The minimum Gasteiger partial charge on any atom is -0.497 e. The first kappa shape index (κ1) is 16.5. The van der Waals surface area contributed by atoms with E-state index in [1.54, 1.807) is 54.5 Å². The second kappa shape index (κ2) is 7.49. The molecule has 124 valence electrons. The summed E-state index contributed by atoms with van der Waals surface area (Å²) in [6, 6.07) is 13.6. The highest BCUT2D eigenvalue weighted by atomic mass is 32.2. The maximum atomic E-state index is 13.7. The first-order valence-corrected chi connectivity index (χ1v) is 8.54. The van der Waals surface area contributed by atoms with Gasteiger partial charge in [-0.25, -0.2) is 4.39 Å². The van der Waals surface area contributed by atoms with Crippen LogP contribution in [-0.2, 0) is 5.75 Å². The highest BCUT2D eigenvalue weighted by Gasteiger charge is 2.25. The lowest BCUT2D eigenvalue weighted by Crippen LogP contribution is -2.32. The van der Waals surface area contributed by atoms with Crippen LogP contribution in [0.25, 0.3) is 0 Å². The third-order valence-electron chi connectivity index (χ3n) is 3.70. The second-order valence-electron chi connectivity index (χ2n) is 5.23. The van der Waals surface area contributed by atoms with Gasteiger partial charge in [-0.15, -0.1) is 0 Å². The third kappa shape index (κ3) is 3.59. The van der Waals surface area contributed by atoms with Gasteiger partial charge in [-0.3, -0.25) is 14.7 Å². The molecule has 0 saturated carbocycles. The second-order valence-corrected chi connectivity index (χ2v) is 6.17. The fraction of sp³-hybridized carbons (Fsp3) is 0.222. The molecule has 0 fully saturated rings. The molecule has 0 radical (unpaired) electrons. The van der Waals surface area contributed by atoms with Crippen molar-refractivity contribution in [3.05, 3.63) is 65.5 Å². The summed E-state index contributed by atoms with van der Waals surface area (Å²) < 4.78 is 18.8. The Hall–Kier alpha value is -2.34. The molecule has 1 aliphatic rings. The van der Waals surface area contributed by atoms with Crippen LogP contribution < -0.4 is 4.74 Å². The number of amidine groups is 1. The van der Waals surface area contributed by atoms with E-state index in [0.717, 1.165) is 0 Å². The number of halogens is 1. The van der Waals surface area contributed by atoms with Crippen molar-refractivity contribution in [2.45, 2.75) is 5.75 Å². The summed E-state index contributed by atoms with van der Waals surface area (Å²) in [4.78, 5) is 18.7. The van der Waals surface area contributed by atoms with E-state index in [0.29, 0.717) is 40.9 Å². The number of carbonyl (C=O) groups excluding carboxylic acids is 1. The summed E-state index contributed by atoms with van der Waals surface area (Å²) in [5.41, 5.74) is 1.19. The smallest absolute Gasteiger partial charge is 0.259 e. The average Bonchev–Trinajstić information content (AvgIpc) is 3.09. The number of thioether (sulfide) groups is 1. The van der Waals surface area contributed by atoms with Crippen LogP contribution in [0.4, 0.5) is 4.39 Å². The molecule has 1 heterocycles. The number of hydrogen-bond acceptors (Lipinski definition) is 4. The lowest BCUT2D eigenvalue weighted by Gasteiger charge is -2.18. The lowest BCUT2D eigenvalue weighted by molar-refractivity contribution is 0.0860. The Balaban J connectivity index is 1.68. The summed E-state index contributed by atoms with van der Waals surface area (Å²) in [6.07, 6.45) is 0. The number of carbonyl (C=O) groups is 1. The number of amides is 1. The number of nitrogens with zero attached hydrogens (tertiary/aromatic N) is 2. The third-order valence-corrected chi connectivity index (χ3v) is 4.76. The van der Waals surface area contributed by atoms with Gasteiger partial charge in [0.1, 0.15) is 11.6 Å². The zero-order valence-corrected chi connectivity index (χ0v) is 14.1. The molecule has 0 unspecified atom stereocenters. The summed E-state index contributed by atoms with van der Waals surface area (Å²) in [7, 11) is 1.58. The van der Waals surface area contributed by atoms with Crippen molar-refractivity contribution in [3.63, 3.8) is 0 Å². The van der Waals surface area contributed by atoms with Crippen LogP contribution in [-0.4, -0.2) is 36.2 Å². The maximum absolute atomic E-state index is 13.7. The lowest BCUT2D eigenvalue weighted by atomic mass is 10.2. The van der Waals surface area contributed by atoms with Gasteiger partial charge in [0.2, 0.25) is 0 Å². The molecule has 0 spiro atoms. The van der Waals surface area contributed by atoms with Crippen LogP contribution in [0.3, 0.4) is 0 Å². The fourth-order valence-corrected chi connectivity index (χ4v) is 3.42. The van der Waals surface area contributed by atoms with E-state index in [1.165, 1.54) is 17.8 Å². The van der Waals surface area contributed by atoms with Gasteiger partial charge in [0.05, 0.1) is 13.7 Å². The number of ether oxygens (including phenoxy) is 1. The van der Waals surface area contributed by atoms with E-state index in [2.05, 4.69) is 4.99 Å². The monoisotopic (exact) mass is 344 g/mol. The molecule has 0 atom stereocenters. The summed E-state index contributed by atoms with van der Waals surface area (Å²) in [5.74, 6) is 0.806. The molecule has 6 heteroatoms. The van der Waals surface area contributed by atoms with Crippen molar-refractivity contribution in [2.75, 3.05) is 20.2 Å². The minimum atomic E-state index is -0.239. The number of methoxy groups -OCH3 is 1. The van der Waals surface area contributed by atoms with E-state index in [4.69, 9.17) is 4.74 Å². The summed E-state index contributed by atoms with van der Waals surface area (Å²) in [5, 5.41) is 0.638. The van der Waals surface area contributed by atoms with E-state index in [1.807, 2.05) is 0 Å². The highest BCUT2D eigenvalue weighted by molar-refractivity contribution is 8.13. The van der Waals surface area contributed by atoms with Gasteiger partial charge < -0.3 is 4.74 Å². The molecule has 0 N–H and O–H groups in total. The van der Waals surface area contributed by atoms with Crippen LogP contribution in [0.2, 0.25) is 0 Å². The van der Waals surface area contributed by atoms with E-state index < -0.39 is 0 Å². The largest absolute Gasteiger partial charge is 0.497 e. The fourth-order valence-electron chi connectivity index (χ4n) is 2.39. The Bertz CT molecular complexity index is 762. The number of hydrogen-bond donors (Lipinski definition) is 0. The molecular formula is C18H17FN2O2S. The first-order valence-electron chi connectivity index (χ1n) is 7.55. The van der Waals surface area contributed by atoms with Gasteiger partial charge in [-0.05, 0) is 35.9 Å². The Morgan fingerprint density at radius 2 is 2.00 bits per heavy atom. The predicted octanol–water partition coefficient (Wildman–Crippen LogP) is 3.58. The van der Waals surface area contributed by atoms with Gasteiger partial charge >= 0.3 is 0 Å². The van der Waals surface area contributed by atoms with Crippen molar-refractivity contribution < 1.29 is 13.9 Å². The SMILES string of the molecule is COc1ccc(C(=O)N2CCN=C2SCc2ccccc2F)cc1. The van der Waals surface area contributed by atoms with Gasteiger partial charge in [0, 0.05) is 17.9 Å². The molecule has 1 aliphatic heterocycles. The van der Waals surface area contributed by atoms with Crippen LogP contribution in [0.1, 0.15) is 15.9 Å². The summed E-state index contributed by atoms with van der Waals surface area (Å²) in [6.45, 7) is 1.12. The van der Waals surface area contributed by atoms with Crippen molar-refractivity contribution in [2.24, 2.45) is 4.99 Å². The Labute approximate surface area is 144 Å². The molecule has 2 aromatic carbocycles. The Morgan fingerprint density at radius 1 is 1.25 bits per heavy atom. The highest BCUT2D eigenvalue weighted by Crippen LogP contribution is 2.23. The van der Waals surface area contributed by atoms with Crippen molar-refractivity contribution >= 4 is 22.8 Å². The van der Waals surface area contributed by atoms with Crippen molar-refractivity contribution in [1.82, 2.24) is 4.90 Å². The number of aliphatic imine (C=N–C) groups is 1. The molecule has 0 bridgehead atoms. The predicted molar refractivity (Wildman–Crippen MR) is 94.0 cm³/mol. The molecule has 2 aromatic rings. The Kier molecular flexibility index (Phi) is 5.15. The standard InChI is InChI=1S/C18H17FN2O2S/c1-23-15-8-6-13(7-9-15)17(22)21-11-10-20-18(21)24-12-14-4-2-3-5-16(14)19/h2-9H,10-12H2,1H3. The molecule has 3 rings (SSSR count). The van der Waals surface area contributed by atoms with Gasteiger partial charge in [-0.1, -0.05) is 30.0 Å². The maximum Gasteiger partial charge on any atom is 0.259 e. The van der Waals surface area contributed by atoms with Gasteiger partial charge in [0.25, 0.3) is 5.91 Å². The molecule has 0 aromatic heterocycles. The zero-order chi connectivity index (χ0) is 16.9. The van der Waals surface area contributed by atoms with Crippen molar-refractivity contribution in [3.8, 4) is 5.75 Å². The molecule has 0 aliphatic carbocycles. The van der Waals surface area contributed by atoms with Crippen LogP contribution in [0.15, 0.2) is 53.5 Å². The molecule has 4 nitrogen and oxygen atoms in total. The van der Waals surface area contributed by atoms with Crippen LogP contribution >= 0.6 is 11.8 Å². The molecular weight excluding hydrogens is 327 g/mol. The van der Waals surface area contributed by atoms with E-state index >= 15 is 0 Å². The van der Waals surface area contributed by atoms with Gasteiger partial charge in [0.15, 0.2) is 5.17 Å². The minimum absolute atomic E-state index is 0.102. The van der Waals surface area contributed by atoms with Crippen LogP contribution in [0, 0.1) is 5.82 Å². The summed E-state index contributed by atoms with van der Waals surface area (Å²) >= 11 is 1.38. The average molecular weight is 344 g/mol. The van der Waals surface area contributed by atoms with Gasteiger partial charge in [-0.2, -0.15) is 0 Å². The topological polar surface area (TPSA) is 41.9 Å². The molecule has 1 amide bonds. The number of rotatable bonds is 4. The Morgan fingerprint density at radius 3 is 2.71 bits per heavy atom. The van der Waals surface area contributed by atoms with Crippen molar-refractivity contribution in [1.29, 1.82) is 0 Å². The normalized spacial score (nSPS) is 13.8. The first-order chi connectivity index (χ1) is 11.7. The number of benzene rings is 2. The van der Waals surface area contributed by atoms with Crippen LogP contribution in [0.5, 0.6) is 5.75 Å². The zero-order valence-electron chi connectivity index (χ0n) is 13.2. The quantitative estimate of drug-likeness (QED) is 0.851.